The van der Waals surface area contributed by atoms with E-state index < -0.39 is 0 Å². The minimum atomic E-state index is -0.281. The van der Waals surface area contributed by atoms with Gasteiger partial charge in [0.1, 0.15) is 0 Å². The molecule has 16 heavy (non-hydrogen) atoms. The first-order chi connectivity index (χ1) is 7.75. The van der Waals surface area contributed by atoms with Crippen LogP contribution in [0, 0.1) is 5.92 Å². The Morgan fingerprint density at radius 1 is 1.31 bits per heavy atom. The fraction of sp³-hybridized carbons (Fsp3) is 0.538. The van der Waals surface area contributed by atoms with Gasteiger partial charge in [0.15, 0.2) is 0 Å². The van der Waals surface area contributed by atoms with Gasteiger partial charge in [-0.05, 0) is 12.0 Å². The molecule has 0 spiro atoms. The Morgan fingerprint density at radius 3 is 2.69 bits per heavy atom. The Bertz CT molecular complexity index is 365. The van der Waals surface area contributed by atoms with Crippen molar-refractivity contribution in [3.63, 3.8) is 0 Å². The van der Waals surface area contributed by atoms with E-state index in [4.69, 9.17) is 5.73 Å². The first kappa shape index (κ1) is 10.3. The summed E-state index contributed by atoms with van der Waals surface area (Å²) in [5.41, 5.74) is 7.35. The molecule has 1 saturated carbocycles. The van der Waals surface area contributed by atoms with E-state index in [0.717, 1.165) is 19.5 Å². The van der Waals surface area contributed by atoms with E-state index in [1.165, 1.54) is 5.56 Å². The smallest absolute Gasteiger partial charge is 0.0747 e. The molecule has 86 valence electrons. The van der Waals surface area contributed by atoms with E-state index in [1.54, 1.807) is 0 Å². The summed E-state index contributed by atoms with van der Waals surface area (Å²) in [4.78, 5) is 2.41. The van der Waals surface area contributed by atoms with E-state index in [-0.39, 0.29) is 12.1 Å². The number of nitrogens with two attached hydrogens (primary N) is 1. The minimum absolute atomic E-state index is 0.0533. The van der Waals surface area contributed by atoms with Crippen LogP contribution in [0.25, 0.3) is 0 Å². The fourth-order valence-electron chi connectivity index (χ4n) is 3.16. The second kappa shape index (κ2) is 3.84. The predicted octanol–water partition coefficient (Wildman–Crippen LogP) is 0.579. The van der Waals surface area contributed by atoms with Crippen molar-refractivity contribution < 1.29 is 5.11 Å². The average Bonchev–Trinajstić information content (AvgIpc) is 2.82. The number of piperidine rings is 1. The van der Waals surface area contributed by atoms with Crippen molar-refractivity contribution in [3.05, 3.63) is 35.9 Å². The van der Waals surface area contributed by atoms with Crippen molar-refractivity contribution in [2.75, 3.05) is 6.54 Å². The molecule has 2 bridgehead atoms. The lowest BCUT2D eigenvalue weighted by molar-refractivity contribution is 0.0520. The molecular formula is C13H18N2O. The summed E-state index contributed by atoms with van der Waals surface area (Å²) in [5, 5.41) is 9.82. The molecule has 0 aromatic heterocycles. The number of hydrogen-bond donors (Lipinski definition) is 2. The molecule has 2 fully saturated rings. The second-order valence-electron chi connectivity index (χ2n) is 5.05. The van der Waals surface area contributed by atoms with Gasteiger partial charge >= 0.3 is 0 Å². The fourth-order valence-corrected chi connectivity index (χ4v) is 3.16. The van der Waals surface area contributed by atoms with E-state index >= 15 is 0 Å². The third-order valence-electron chi connectivity index (χ3n) is 4.03. The topological polar surface area (TPSA) is 49.5 Å². The third-order valence-corrected chi connectivity index (χ3v) is 4.03. The summed E-state index contributed by atoms with van der Waals surface area (Å²) in [7, 11) is 0. The zero-order valence-corrected chi connectivity index (χ0v) is 9.29. The summed E-state index contributed by atoms with van der Waals surface area (Å²) in [6.45, 7) is 1.96. The lowest BCUT2D eigenvalue weighted by atomic mass is 10.0. The molecule has 3 nitrogen and oxygen atoms in total. The van der Waals surface area contributed by atoms with Crippen LogP contribution >= 0.6 is 0 Å². The lowest BCUT2D eigenvalue weighted by Gasteiger charge is -2.34. The molecule has 1 aliphatic carbocycles. The largest absolute Gasteiger partial charge is 0.391 e. The molecular weight excluding hydrogens is 200 g/mol. The van der Waals surface area contributed by atoms with Gasteiger partial charge in [-0.25, -0.2) is 0 Å². The zero-order chi connectivity index (χ0) is 11.1. The average molecular weight is 218 g/mol. The highest BCUT2D eigenvalue weighted by Gasteiger charge is 2.49. The molecule has 1 heterocycles. The van der Waals surface area contributed by atoms with Crippen molar-refractivity contribution in [3.8, 4) is 0 Å². The van der Waals surface area contributed by atoms with Crippen LogP contribution in [0.5, 0.6) is 0 Å². The first-order valence-electron chi connectivity index (χ1n) is 5.97. The van der Waals surface area contributed by atoms with Gasteiger partial charge in [0, 0.05) is 31.1 Å². The Hall–Kier alpha value is -0.900. The minimum Gasteiger partial charge on any atom is -0.391 e. The van der Waals surface area contributed by atoms with Gasteiger partial charge in [0.2, 0.25) is 0 Å². The molecule has 0 radical (unpaired) electrons. The zero-order valence-electron chi connectivity index (χ0n) is 9.29. The lowest BCUT2D eigenvalue weighted by Crippen LogP contribution is -2.52. The molecule has 0 unspecified atom stereocenters. The van der Waals surface area contributed by atoms with E-state index in [9.17, 15) is 5.11 Å². The van der Waals surface area contributed by atoms with Gasteiger partial charge in [0.05, 0.1) is 6.10 Å². The standard InChI is InChI=1S/C13H18N2O/c14-12-11-6-10(13(12)16)8-15(11)7-9-4-2-1-3-5-9/h1-5,10-13,16H,6-8,14H2/t10-,11+,12-,13-/m0/s1. The van der Waals surface area contributed by atoms with Crippen LogP contribution < -0.4 is 5.73 Å². The van der Waals surface area contributed by atoms with Crippen molar-refractivity contribution >= 4 is 0 Å². The molecule has 3 N–H and O–H groups in total. The van der Waals surface area contributed by atoms with Crippen LogP contribution in [0.4, 0.5) is 0 Å². The van der Waals surface area contributed by atoms with Gasteiger partial charge in [-0.2, -0.15) is 0 Å². The SMILES string of the molecule is N[C@@H]1[C@@H](O)[C@H]2C[C@H]1N(Cc1ccccc1)C2. The van der Waals surface area contributed by atoms with Crippen LogP contribution in [-0.4, -0.2) is 34.7 Å². The molecule has 1 aromatic rings. The van der Waals surface area contributed by atoms with Gasteiger partial charge in [-0.15, -0.1) is 0 Å². The van der Waals surface area contributed by atoms with Crippen LogP contribution in [0.2, 0.25) is 0 Å². The normalized spacial score (nSPS) is 38.1. The number of aliphatic hydroxyl groups is 1. The van der Waals surface area contributed by atoms with Crippen LogP contribution in [0.3, 0.4) is 0 Å². The summed E-state index contributed by atoms with van der Waals surface area (Å²) >= 11 is 0. The maximum absolute atomic E-state index is 9.82. The summed E-state index contributed by atoms with van der Waals surface area (Å²) in [5.74, 6) is 0.392. The highest BCUT2D eigenvalue weighted by molar-refractivity contribution is 5.16. The Morgan fingerprint density at radius 2 is 2.06 bits per heavy atom. The Labute approximate surface area is 95.9 Å². The molecule has 4 atom stereocenters. The molecule has 2 aliphatic rings. The van der Waals surface area contributed by atoms with Gasteiger partial charge < -0.3 is 10.8 Å². The summed E-state index contributed by atoms with van der Waals surface area (Å²) in [6, 6.07) is 10.8. The van der Waals surface area contributed by atoms with Crippen LogP contribution in [0.1, 0.15) is 12.0 Å². The molecule has 1 aliphatic heterocycles. The third kappa shape index (κ3) is 1.56. The summed E-state index contributed by atoms with van der Waals surface area (Å²) < 4.78 is 0. The van der Waals surface area contributed by atoms with Gasteiger partial charge in [-0.3, -0.25) is 4.90 Å². The number of likely N-dealkylation sites (tertiary alicyclic amines) is 1. The number of rotatable bonds is 2. The second-order valence-corrected chi connectivity index (χ2v) is 5.05. The Balaban J connectivity index is 1.71. The van der Waals surface area contributed by atoms with Crippen LogP contribution in [-0.2, 0) is 6.54 Å². The number of benzene rings is 1. The monoisotopic (exact) mass is 218 g/mol. The van der Waals surface area contributed by atoms with Crippen molar-refractivity contribution in [2.45, 2.75) is 31.2 Å². The Kier molecular flexibility index (Phi) is 2.46. The number of hydrogen-bond acceptors (Lipinski definition) is 3. The highest BCUT2D eigenvalue weighted by Crippen LogP contribution is 2.37. The quantitative estimate of drug-likeness (QED) is 0.763. The van der Waals surface area contributed by atoms with Crippen molar-refractivity contribution in [2.24, 2.45) is 11.7 Å². The van der Waals surface area contributed by atoms with Gasteiger partial charge in [0.25, 0.3) is 0 Å². The van der Waals surface area contributed by atoms with E-state index in [1.807, 2.05) is 6.07 Å². The molecule has 1 saturated heterocycles. The maximum Gasteiger partial charge on any atom is 0.0747 e. The summed E-state index contributed by atoms with van der Waals surface area (Å²) in [6.07, 6.45) is 0.784. The number of fused-ring (bicyclic) bond motifs is 2. The number of nitrogens with zero attached hydrogens (tertiary/aromatic N) is 1. The predicted molar refractivity (Wildman–Crippen MR) is 62.7 cm³/mol. The van der Waals surface area contributed by atoms with E-state index in [0.29, 0.717) is 12.0 Å². The maximum atomic E-state index is 9.82. The van der Waals surface area contributed by atoms with Crippen molar-refractivity contribution in [1.82, 2.24) is 4.90 Å². The first-order valence-corrected chi connectivity index (χ1v) is 5.97. The molecule has 0 amide bonds. The number of aliphatic hydroxyl groups excluding tert-OH is 1. The molecule has 1 aromatic carbocycles. The van der Waals surface area contributed by atoms with Gasteiger partial charge in [-0.1, -0.05) is 30.3 Å². The van der Waals surface area contributed by atoms with E-state index in [2.05, 4.69) is 29.2 Å². The molecule has 3 heteroatoms. The molecule has 3 rings (SSSR count). The highest BCUT2D eigenvalue weighted by atomic mass is 16.3. The van der Waals surface area contributed by atoms with Crippen LogP contribution in [0.15, 0.2) is 30.3 Å². The van der Waals surface area contributed by atoms with Crippen molar-refractivity contribution in [1.29, 1.82) is 0 Å².